The molecular formula is C32H41BrF3N7O2. The normalized spacial score (nSPS) is 17.4. The number of ether oxygens (including phenoxy) is 1. The van der Waals surface area contributed by atoms with Gasteiger partial charge in [0.2, 0.25) is 5.95 Å². The second-order valence-electron chi connectivity index (χ2n) is 12.4. The number of hydrogen-bond donors (Lipinski definition) is 3. The number of nitrogens with one attached hydrogen (secondary N) is 2. The standard InChI is InChI=1S/C32H41BrF3N7O2/c1-20-16-26(28(45-5)18-27(20)43-10-8-22(9-11-43)42-14-12-41(4)13-15-42)39-30-37-19-24(33)29(40-30)38-25-17-21(32(34,35)36)6-7-23(25)31(2,3)44/h6-7,16-19,22,44H,8-15H2,1-5H3,(H2,37,38,39,40). The largest absolute Gasteiger partial charge is 0.494 e. The van der Waals surface area contributed by atoms with E-state index in [1.54, 1.807) is 7.11 Å². The van der Waals surface area contributed by atoms with Crippen molar-refractivity contribution in [1.82, 2.24) is 19.8 Å². The molecule has 3 heterocycles. The van der Waals surface area contributed by atoms with Crippen LogP contribution in [-0.2, 0) is 11.8 Å². The Labute approximate surface area is 270 Å². The summed E-state index contributed by atoms with van der Waals surface area (Å²) in [6, 6.07) is 7.83. The lowest BCUT2D eigenvalue weighted by molar-refractivity contribution is -0.137. The maximum absolute atomic E-state index is 13.5. The summed E-state index contributed by atoms with van der Waals surface area (Å²) < 4.78 is 46.8. The number of alkyl halides is 3. The Hall–Kier alpha value is -3.13. The van der Waals surface area contributed by atoms with Crippen molar-refractivity contribution in [3.63, 3.8) is 0 Å². The van der Waals surface area contributed by atoms with Crippen LogP contribution in [0.3, 0.4) is 0 Å². The van der Waals surface area contributed by atoms with Gasteiger partial charge in [-0.3, -0.25) is 4.90 Å². The maximum atomic E-state index is 13.5. The van der Waals surface area contributed by atoms with E-state index >= 15 is 0 Å². The van der Waals surface area contributed by atoms with Gasteiger partial charge in [0.1, 0.15) is 11.6 Å². The number of aromatic nitrogens is 2. The average molecular weight is 693 g/mol. The molecule has 2 aliphatic heterocycles. The molecule has 2 fully saturated rings. The summed E-state index contributed by atoms with van der Waals surface area (Å²) in [5, 5.41) is 16.8. The first-order chi connectivity index (χ1) is 21.2. The Morgan fingerprint density at radius 3 is 2.29 bits per heavy atom. The molecule has 0 atom stereocenters. The topological polar surface area (TPSA) is 89.0 Å². The van der Waals surface area contributed by atoms with Crippen LogP contribution in [0.2, 0.25) is 0 Å². The van der Waals surface area contributed by atoms with Crippen LogP contribution in [0.15, 0.2) is 41.0 Å². The molecule has 0 aliphatic carbocycles. The lowest BCUT2D eigenvalue weighted by atomic mass is 9.95. The lowest BCUT2D eigenvalue weighted by Gasteiger charge is -2.43. The second-order valence-corrected chi connectivity index (χ2v) is 13.2. The summed E-state index contributed by atoms with van der Waals surface area (Å²) in [6.07, 6.45) is -0.803. The molecular weight excluding hydrogens is 651 g/mol. The van der Waals surface area contributed by atoms with Gasteiger partial charge in [-0.1, -0.05) is 6.07 Å². The number of piperazine rings is 1. The van der Waals surface area contributed by atoms with Crippen LogP contribution < -0.4 is 20.3 Å². The number of hydrogen-bond acceptors (Lipinski definition) is 9. The van der Waals surface area contributed by atoms with Crippen LogP contribution in [0.1, 0.15) is 43.4 Å². The van der Waals surface area contributed by atoms with E-state index in [0.29, 0.717) is 22.0 Å². The van der Waals surface area contributed by atoms with E-state index in [0.717, 1.165) is 75.5 Å². The van der Waals surface area contributed by atoms with Crippen molar-refractivity contribution in [2.45, 2.75) is 51.4 Å². The van der Waals surface area contributed by atoms with Crippen molar-refractivity contribution in [3.05, 3.63) is 57.7 Å². The number of methoxy groups -OCH3 is 1. The van der Waals surface area contributed by atoms with Crippen LogP contribution in [-0.4, -0.2) is 84.3 Å². The molecule has 2 saturated heterocycles. The molecule has 0 bridgehead atoms. The fourth-order valence-electron chi connectivity index (χ4n) is 6.06. The van der Waals surface area contributed by atoms with Gasteiger partial charge in [0.25, 0.3) is 0 Å². The van der Waals surface area contributed by atoms with Crippen LogP contribution in [0, 0.1) is 6.92 Å². The Bertz CT molecular complexity index is 1500. The van der Waals surface area contributed by atoms with E-state index in [1.807, 2.05) is 12.1 Å². The van der Waals surface area contributed by atoms with Gasteiger partial charge >= 0.3 is 6.18 Å². The number of aliphatic hydroxyl groups is 1. The number of piperidine rings is 1. The molecule has 0 radical (unpaired) electrons. The number of benzene rings is 2. The lowest BCUT2D eigenvalue weighted by Crippen LogP contribution is -2.52. The van der Waals surface area contributed by atoms with Crippen LogP contribution >= 0.6 is 15.9 Å². The fourth-order valence-corrected chi connectivity index (χ4v) is 6.35. The van der Waals surface area contributed by atoms with Gasteiger partial charge in [-0.05, 0) is 80.4 Å². The average Bonchev–Trinajstić information content (AvgIpc) is 2.98. The SMILES string of the molecule is COc1cc(N2CCC(N3CCN(C)CC3)CC2)c(C)cc1Nc1ncc(Br)c(Nc2cc(C(F)(F)F)ccc2C(C)(C)O)n1. The zero-order valence-electron chi connectivity index (χ0n) is 26.3. The second kappa shape index (κ2) is 13.3. The van der Waals surface area contributed by atoms with Crippen LogP contribution in [0.4, 0.5) is 42.0 Å². The molecule has 0 spiro atoms. The minimum atomic E-state index is -4.55. The minimum absolute atomic E-state index is 0.0804. The van der Waals surface area contributed by atoms with Crippen molar-refractivity contribution in [3.8, 4) is 5.75 Å². The third-order valence-electron chi connectivity index (χ3n) is 8.63. The number of nitrogens with zero attached hydrogens (tertiary/aromatic N) is 5. The van der Waals surface area contributed by atoms with E-state index < -0.39 is 17.3 Å². The monoisotopic (exact) mass is 691 g/mol. The number of anilines is 5. The van der Waals surface area contributed by atoms with Crippen molar-refractivity contribution in [1.29, 1.82) is 0 Å². The van der Waals surface area contributed by atoms with Gasteiger partial charge in [-0.15, -0.1) is 0 Å². The Morgan fingerprint density at radius 2 is 1.67 bits per heavy atom. The Kier molecular flexibility index (Phi) is 9.83. The zero-order chi connectivity index (χ0) is 32.5. The van der Waals surface area contributed by atoms with Crippen molar-refractivity contribution in [2.75, 3.05) is 69.0 Å². The van der Waals surface area contributed by atoms with Gasteiger partial charge in [-0.25, -0.2) is 4.98 Å². The third kappa shape index (κ3) is 7.82. The molecule has 3 aromatic rings. The molecule has 2 aliphatic rings. The molecule has 13 heteroatoms. The summed E-state index contributed by atoms with van der Waals surface area (Å²) in [7, 11) is 3.79. The first kappa shape index (κ1) is 33.2. The fraction of sp³-hybridized carbons (Fsp3) is 0.500. The van der Waals surface area contributed by atoms with Crippen molar-refractivity contribution >= 4 is 44.8 Å². The highest BCUT2D eigenvalue weighted by Crippen LogP contribution is 2.39. The van der Waals surface area contributed by atoms with Gasteiger partial charge in [0.15, 0.2) is 0 Å². The third-order valence-corrected chi connectivity index (χ3v) is 9.21. The molecule has 3 N–H and O–H groups in total. The summed E-state index contributed by atoms with van der Waals surface area (Å²) in [5.41, 5.74) is 0.982. The Morgan fingerprint density at radius 1 is 0.978 bits per heavy atom. The Balaban J connectivity index is 1.34. The summed E-state index contributed by atoms with van der Waals surface area (Å²) >= 11 is 3.40. The van der Waals surface area contributed by atoms with E-state index in [1.165, 1.54) is 26.1 Å². The molecule has 1 aromatic heterocycles. The van der Waals surface area contributed by atoms with Gasteiger partial charge in [0.05, 0.1) is 28.4 Å². The van der Waals surface area contributed by atoms with E-state index in [9.17, 15) is 18.3 Å². The molecule has 5 rings (SSSR count). The number of rotatable bonds is 8. The van der Waals surface area contributed by atoms with Crippen molar-refractivity contribution < 1.29 is 23.0 Å². The highest BCUT2D eigenvalue weighted by Gasteiger charge is 2.33. The number of halogens is 4. The van der Waals surface area contributed by atoms with E-state index in [2.05, 4.69) is 65.2 Å². The van der Waals surface area contributed by atoms with Gasteiger partial charge < -0.3 is 30.3 Å². The first-order valence-corrected chi connectivity index (χ1v) is 15.9. The molecule has 0 saturated carbocycles. The molecule has 2 aromatic carbocycles. The minimum Gasteiger partial charge on any atom is -0.494 e. The molecule has 244 valence electrons. The summed E-state index contributed by atoms with van der Waals surface area (Å²) in [4.78, 5) is 16.3. The molecule has 45 heavy (non-hydrogen) atoms. The maximum Gasteiger partial charge on any atom is 0.416 e. The molecule has 0 amide bonds. The molecule has 9 nitrogen and oxygen atoms in total. The summed E-state index contributed by atoms with van der Waals surface area (Å²) in [5.74, 6) is 1.07. The predicted molar refractivity (Wildman–Crippen MR) is 175 cm³/mol. The van der Waals surface area contributed by atoms with Gasteiger partial charge in [0, 0.05) is 74.5 Å². The van der Waals surface area contributed by atoms with Crippen LogP contribution in [0.5, 0.6) is 5.75 Å². The smallest absolute Gasteiger partial charge is 0.416 e. The first-order valence-electron chi connectivity index (χ1n) is 15.1. The van der Waals surface area contributed by atoms with Crippen molar-refractivity contribution in [2.24, 2.45) is 0 Å². The quantitative estimate of drug-likeness (QED) is 0.245. The number of aryl methyl sites for hydroxylation is 1. The van der Waals surface area contributed by atoms with Gasteiger partial charge in [-0.2, -0.15) is 18.2 Å². The predicted octanol–water partition coefficient (Wildman–Crippen LogP) is 6.51. The molecule has 0 unspecified atom stereocenters. The highest BCUT2D eigenvalue weighted by atomic mass is 79.9. The van der Waals surface area contributed by atoms with E-state index in [4.69, 9.17) is 4.74 Å². The van der Waals surface area contributed by atoms with E-state index in [-0.39, 0.29) is 23.0 Å². The van der Waals surface area contributed by atoms with Crippen LogP contribution in [0.25, 0.3) is 0 Å². The highest BCUT2D eigenvalue weighted by molar-refractivity contribution is 9.10. The zero-order valence-corrected chi connectivity index (χ0v) is 27.9. The summed E-state index contributed by atoms with van der Waals surface area (Å²) in [6.45, 7) is 11.5. The number of likely N-dealkylation sites (N-methyl/N-ethyl adjacent to an activating group) is 1.